The molecule has 0 aliphatic rings. The van der Waals surface area contributed by atoms with Gasteiger partial charge in [-0.25, -0.2) is 9.13 Å². The van der Waals surface area contributed by atoms with E-state index in [1.807, 2.05) is 0 Å². The molecule has 0 aliphatic carbocycles. The van der Waals surface area contributed by atoms with Crippen LogP contribution in [0.4, 0.5) is 0 Å². The Hall–Kier alpha value is -1.94. The summed E-state index contributed by atoms with van der Waals surface area (Å²) >= 11 is 0. The van der Waals surface area contributed by atoms with Crippen molar-refractivity contribution in [2.24, 2.45) is 17.8 Å². The minimum atomic E-state index is -4.96. The molecule has 0 amide bonds. The summed E-state index contributed by atoms with van der Waals surface area (Å²) in [6, 6.07) is 0. The predicted octanol–water partition coefficient (Wildman–Crippen LogP) is 23.4. The lowest BCUT2D eigenvalue weighted by Gasteiger charge is -2.21. The van der Waals surface area contributed by atoms with Crippen molar-refractivity contribution in [2.75, 3.05) is 39.6 Å². The molecular weight excluding hydrogens is 1280 g/mol. The number of hydrogen-bond acceptors (Lipinski definition) is 15. The minimum Gasteiger partial charge on any atom is -0.462 e. The lowest BCUT2D eigenvalue weighted by Crippen LogP contribution is -2.30. The van der Waals surface area contributed by atoms with Gasteiger partial charge in [0.2, 0.25) is 0 Å². The molecule has 0 radical (unpaired) electrons. The molecule has 0 aliphatic heterocycles. The number of phosphoric acid groups is 2. The number of phosphoric ester groups is 2. The van der Waals surface area contributed by atoms with E-state index in [9.17, 15) is 43.2 Å². The van der Waals surface area contributed by atoms with E-state index < -0.39 is 97.5 Å². The second-order valence-corrected chi connectivity index (χ2v) is 32.8. The Morgan fingerprint density at radius 2 is 0.469 bits per heavy atom. The molecule has 2 unspecified atom stereocenters. The zero-order valence-corrected chi connectivity index (χ0v) is 66.0. The van der Waals surface area contributed by atoms with Crippen molar-refractivity contribution in [2.45, 2.75) is 426 Å². The van der Waals surface area contributed by atoms with Crippen molar-refractivity contribution < 1.29 is 80.2 Å². The number of esters is 4. The highest BCUT2D eigenvalue weighted by atomic mass is 31.2. The van der Waals surface area contributed by atoms with Gasteiger partial charge in [0.05, 0.1) is 26.4 Å². The van der Waals surface area contributed by atoms with Gasteiger partial charge in [-0.05, 0) is 43.4 Å². The molecule has 0 saturated heterocycles. The van der Waals surface area contributed by atoms with Crippen LogP contribution in [-0.2, 0) is 65.4 Å². The smallest absolute Gasteiger partial charge is 0.462 e. The molecule has 0 fully saturated rings. The number of aliphatic hydroxyl groups excluding tert-OH is 1. The first kappa shape index (κ1) is 96.1. The first-order chi connectivity index (χ1) is 47.2. The van der Waals surface area contributed by atoms with E-state index >= 15 is 0 Å². The summed E-state index contributed by atoms with van der Waals surface area (Å²) in [5.41, 5.74) is 0. The van der Waals surface area contributed by atoms with Crippen LogP contribution < -0.4 is 0 Å². The maximum absolute atomic E-state index is 13.1. The number of carbonyl (C=O) groups excluding carboxylic acids is 4. The van der Waals surface area contributed by atoms with Crippen molar-refractivity contribution in [3.8, 4) is 0 Å². The van der Waals surface area contributed by atoms with Gasteiger partial charge >= 0.3 is 39.5 Å². The van der Waals surface area contributed by atoms with Crippen molar-refractivity contribution in [3.05, 3.63) is 0 Å². The first-order valence-electron chi connectivity index (χ1n) is 40.8. The summed E-state index contributed by atoms with van der Waals surface area (Å²) in [7, 11) is -9.91. The fourth-order valence-corrected chi connectivity index (χ4v) is 13.7. The SMILES string of the molecule is CCCCCCCCCCCCCCCCCCCCCCCCC(=O)O[C@H](COC(=O)CCCCCCCCCCCCCCC(C)C)COP(=O)(O)OC[C@@H](O)COP(=O)(O)OC[C@@H](COC(=O)CCCCCCCCCC(C)C)OC(=O)CCCCCCCCCCC(C)C. The van der Waals surface area contributed by atoms with E-state index in [0.717, 1.165) is 108 Å². The highest BCUT2D eigenvalue weighted by Gasteiger charge is 2.30. The van der Waals surface area contributed by atoms with Crippen molar-refractivity contribution >= 4 is 39.5 Å². The van der Waals surface area contributed by atoms with E-state index in [4.69, 9.17) is 37.0 Å². The molecule has 0 aromatic rings. The second-order valence-electron chi connectivity index (χ2n) is 29.9. The molecule has 582 valence electrons. The van der Waals surface area contributed by atoms with Crippen molar-refractivity contribution in [1.29, 1.82) is 0 Å². The fourth-order valence-electron chi connectivity index (χ4n) is 12.1. The number of rotatable bonds is 77. The number of carbonyl (C=O) groups is 4. The highest BCUT2D eigenvalue weighted by Crippen LogP contribution is 2.45. The van der Waals surface area contributed by atoms with Crippen LogP contribution in [0.5, 0.6) is 0 Å². The Labute approximate surface area is 600 Å². The van der Waals surface area contributed by atoms with Gasteiger partial charge < -0.3 is 33.8 Å². The van der Waals surface area contributed by atoms with Crippen LogP contribution in [0, 0.1) is 17.8 Å². The molecule has 17 nitrogen and oxygen atoms in total. The summed E-state index contributed by atoms with van der Waals surface area (Å²) in [5, 5.41) is 10.6. The van der Waals surface area contributed by atoms with Gasteiger partial charge in [-0.15, -0.1) is 0 Å². The van der Waals surface area contributed by atoms with Gasteiger partial charge in [0.15, 0.2) is 12.2 Å². The maximum atomic E-state index is 13.1. The summed E-state index contributed by atoms with van der Waals surface area (Å²) in [5.74, 6) is 0.0863. The third-order valence-corrected chi connectivity index (χ3v) is 20.3. The topological polar surface area (TPSA) is 237 Å². The molecule has 0 aromatic carbocycles. The number of aliphatic hydroxyl groups is 1. The largest absolute Gasteiger partial charge is 0.472 e. The van der Waals surface area contributed by atoms with Crippen LogP contribution in [0.1, 0.15) is 408 Å². The average Bonchev–Trinajstić information content (AvgIpc) is 0.961. The second kappa shape index (κ2) is 69.4. The Morgan fingerprint density at radius 3 is 0.694 bits per heavy atom. The lowest BCUT2D eigenvalue weighted by atomic mass is 10.0. The zero-order chi connectivity index (χ0) is 72.3. The van der Waals surface area contributed by atoms with Crippen LogP contribution >= 0.6 is 15.6 Å². The molecule has 0 bridgehead atoms. The Bertz CT molecular complexity index is 1900. The molecule has 98 heavy (non-hydrogen) atoms. The standard InChI is InChI=1S/C79H154O17P2/c1-8-9-10-11-12-13-14-15-16-17-18-19-20-21-22-23-24-29-32-40-48-55-62-78(83)95-74(66-89-76(81)60-53-46-39-31-28-26-25-27-30-36-43-50-57-70(2)3)68-93-97(85,86)91-64-73(80)65-92-98(87,88)94-69-75(67-90-77(82)61-54-47-42-35-38-45-52-59-72(6)7)96-79(84)63-56-49-41-34-33-37-44-51-58-71(4)5/h70-75,80H,8-69H2,1-7H3,(H,85,86)(H,87,88)/t73-,74-,75-/m1/s1. The Morgan fingerprint density at radius 1 is 0.276 bits per heavy atom. The van der Waals surface area contributed by atoms with Crippen LogP contribution in [0.2, 0.25) is 0 Å². The quantitative estimate of drug-likeness (QED) is 0.0222. The minimum absolute atomic E-state index is 0.104. The molecule has 0 heterocycles. The molecule has 0 spiro atoms. The van der Waals surface area contributed by atoms with Crippen LogP contribution in [0.15, 0.2) is 0 Å². The van der Waals surface area contributed by atoms with Gasteiger partial charge in [0.25, 0.3) is 0 Å². The molecular formula is C79H154O17P2. The van der Waals surface area contributed by atoms with Gasteiger partial charge in [-0.1, -0.05) is 357 Å². The molecule has 5 atom stereocenters. The molecule has 19 heteroatoms. The van der Waals surface area contributed by atoms with Crippen LogP contribution in [0.25, 0.3) is 0 Å². The van der Waals surface area contributed by atoms with Crippen molar-refractivity contribution in [3.63, 3.8) is 0 Å². The fraction of sp³-hybridized carbons (Fsp3) is 0.949. The number of ether oxygens (including phenoxy) is 4. The maximum Gasteiger partial charge on any atom is 0.472 e. The average molecular weight is 1440 g/mol. The normalized spacial score (nSPS) is 14.0. The zero-order valence-electron chi connectivity index (χ0n) is 64.3. The molecule has 0 saturated carbocycles. The molecule has 3 N–H and O–H groups in total. The van der Waals surface area contributed by atoms with E-state index in [2.05, 4.69) is 48.5 Å². The third kappa shape index (κ3) is 72.4. The van der Waals surface area contributed by atoms with Gasteiger partial charge in [-0.3, -0.25) is 37.3 Å². The lowest BCUT2D eigenvalue weighted by molar-refractivity contribution is -0.161. The summed E-state index contributed by atoms with van der Waals surface area (Å²) in [6.07, 6.45) is 57.2. The summed E-state index contributed by atoms with van der Waals surface area (Å²) in [4.78, 5) is 72.9. The van der Waals surface area contributed by atoms with E-state index in [1.165, 1.54) is 212 Å². The highest BCUT2D eigenvalue weighted by molar-refractivity contribution is 7.47. The molecule has 0 aromatic heterocycles. The predicted molar refractivity (Wildman–Crippen MR) is 400 cm³/mol. The van der Waals surface area contributed by atoms with Crippen molar-refractivity contribution in [1.82, 2.24) is 0 Å². The van der Waals surface area contributed by atoms with Gasteiger partial charge in [0.1, 0.15) is 19.3 Å². The monoisotopic (exact) mass is 1440 g/mol. The summed E-state index contributed by atoms with van der Waals surface area (Å²) < 4.78 is 68.6. The van der Waals surface area contributed by atoms with E-state index in [0.29, 0.717) is 31.6 Å². The number of unbranched alkanes of at least 4 members (excludes halogenated alkanes) is 45. The Kier molecular flexibility index (Phi) is 68.1. The summed E-state index contributed by atoms with van der Waals surface area (Å²) in [6.45, 7) is 11.8. The van der Waals surface area contributed by atoms with Crippen LogP contribution in [0.3, 0.4) is 0 Å². The first-order valence-corrected chi connectivity index (χ1v) is 43.8. The van der Waals surface area contributed by atoms with Gasteiger partial charge in [-0.2, -0.15) is 0 Å². The number of hydrogen-bond donors (Lipinski definition) is 3. The Balaban J connectivity index is 5.19. The molecule has 0 rings (SSSR count). The third-order valence-electron chi connectivity index (χ3n) is 18.4. The van der Waals surface area contributed by atoms with Crippen LogP contribution in [-0.4, -0.2) is 96.7 Å². The van der Waals surface area contributed by atoms with Gasteiger partial charge in [0, 0.05) is 25.7 Å². The van der Waals surface area contributed by atoms with E-state index in [1.54, 1.807) is 0 Å². The van der Waals surface area contributed by atoms with E-state index in [-0.39, 0.29) is 25.7 Å².